The molecule has 0 bridgehead atoms. The van der Waals surface area contributed by atoms with Crippen LogP contribution in [0.5, 0.6) is 0 Å². The van der Waals surface area contributed by atoms with Crippen LogP contribution in [0.4, 0.5) is 5.69 Å². The van der Waals surface area contributed by atoms with Gasteiger partial charge in [0.05, 0.1) is 11.3 Å². The summed E-state index contributed by atoms with van der Waals surface area (Å²) >= 11 is 1.60. The second kappa shape index (κ2) is 6.12. The molecule has 0 aliphatic heterocycles. The van der Waals surface area contributed by atoms with E-state index in [0.717, 1.165) is 22.7 Å². The standard InChI is InChI=1S/C14H21N3S/c1-14(2,9-16)10-17(3)12-6-5-7-13(18-4)11(12)8-15/h5-7H,9-10,16H2,1-4H3. The van der Waals surface area contributed by atoms with Crippen LogP contribution in [-0.2, 0) is 0 Å². The summed E-state index contributed by atoms with van der Waals surface area (Å²) in [6.45, 7) is 5.72. The molecule has 1 aromatic rings. The highest BCUT2D eigenvalue weighted by molar-refractivity contribution is 7.98. The van der Waals surface area contributed by atoms with E-state index in [1.807, 2.05) is 31.5 Å². The third-order valence-corrected chi connectivity index (χ3v) is 3.75. The predicted octanol–water partition coefficient (Wildman–Crippen LogP) is 2.70. The van der Waals surface area contributed by atoms with Crippen molar-refractivity contribution in [1.82, 2.24) is 0 Å². The normalized spacial score (nSPS) is 11.1. The average molecular weight is 263 g/mol. The molecule has 3 nitrogen and oxygen atoms in total. The highest BCUT2D eigenvalue weighted by Gasteiger charge is 2.20. The Bertz CT molecular complexity index is 449. The molecular formula is C14H21N3S. The highest BCUT2D eigenvalue weighted by Crippen LogP contribution is 2.29. The van der Waals surface area contributed by atoms with Crippen molar-refractivity contribution in [3.8, 4) is 6.07 Å². The van der Waals surface area contributed by atoms with Gasteiger partial charge in [0, 0.05) is 18.5 Å². The zero-order chi connectivity index (χ0) is 13.8. The Morgan fingerprint density at radius 2 is 2.11 bits per heavy atom. The first kappa shape index (κ1) is 14.9. The summed E-state index contributed by atoms with van der Waals surface area (Å²) in [7, 11) is 2.01. The number of rotatable bonds is 5. The largest absolute Gasteiger partial charge is 0.373 e. The molecule has 0 radical (unpaired) electrons. The van der Waals surface area contributed by atoms with Gasteiger partial charge in [-0.15, -0.1) is 11.8 Å². The molecule has 0 spiro atoms. The maximum atomic E-state index is 9.32. The predicted molar refractivity (Wildman–Crippen MR) is 79.0 cm³/mol. The van der Waals surface area contributed by atoms with Gasteiger partial charge in [-0.1, -0.05) is 19.9 Å². The quantitative estimate of drug-likeness (QED) is 0.830. The van der Waals surface area contributed by atoms with Gasteiger partial charge in [-0.3, -0.25) is 0 Å². The van der Waals surface area contributed by atoms with Gasteiger partial charge < -0.3 is 10.6 Å². The highest BCUT2D eigenvalue weighted by atomic mass is 32.2. The molecule has 1 aromatic carbocycles. The van der Waals surface area contributed by atoms with Crippen LogP contribution < -0.4 is 10.6 Å². The summed E-state index contributed by atoms with van der Waals surface area (Å²) in [5.74, 6) is 0. The van der Waals surface area contributed by atoms with Crippen LogP contribution >= 0.6 is 11.8 Å². The first-order valence-electron chi connectivity index (χ1n) is 5.93. The summed E-state index contributed by atoms with van der Waals surface area (Å²) in [6, 6.07) is 8.27. The zero-order valence-corrected chi connectivity index (χ0v) is 12.3. The minimum Gasteiger partial charge on any atom is -0.373 e. The molecule has 0 fully saturated rings. The first-order valence-corrected chi connectivity index (χ1v) is 7.16. The first-order chi connectivity index (χ1) is 8.45. The van der Waals surface area contributed by atoms with Crippen LogP contribution in [0, 0.1) is 16.7 Å². The Morgan fingerprint density at radius 1 is 1.44 bits per heavy atom. The van der Waals surface area contributed by atoms with Crippen molar-refractivity contribution in [1.29, 1.82) is 5.26 Å². The van der Waals surface area contributed by atoms with Crippen molar-refractivity contribution >= 4 is 17.4 Å². The molecule has 0 unspecified atom stereocenters. The molecule has 0 saturated carbocycles. The monoisotopic (exact) mass is 263 g/mol. The number of hydrogen-bond acceptors (Lipinski definition) is 4. The number of nitrogens with two attached hydrogens (primary N) is 1. The fourth-order valence-corrected chi connectivity index (χ4v) is 2.48. The summed E-state index contributed by atoms with van der Waals surface area (Å²) in [5, 5.41) is 9.32. The number of benzene rings is 1. The third kappa shape index (κ3) is 3.41. The Morgan fingerprint density at radius 3 is 2.61 bits per heavy atom. The maximum absolute atomic E-state index is 9.32. The SMILES string of the molecule is CSc1cccc(N(C)CC(C)(C)CN)c1C#N. The van der Waals surface area contributed by atoms with Crippen molar-refractivity contribution in [2.24, 2.45) is 11.1 Å². The maximum Gasteiger partial charge on any atom is 0.102 e. The Labute approximate surface area is 114 Å². The molecule has 0 saturated heterocycles. The van der Waals surface area contributed by atoms with Gasteiger partial charge in [-0.2, -0.15) is 5.26 Å². The molecule has 0 aliphatic rings. The van der Waals surface area contributed by atoms with Crippen LogP contribution in [0.2, 0.25) is 0 Å². The number of nitriles is 1. The van der Waals surface area contributed by atoms with Crippen LogP contribution in [0.15, 0.2) is 23.1 Å². The van der Waals surface area contributed by atoms with Crippen LogP contribution in [0.1, 0.15) is 19.4 Å². The second-order valence-electron chi connectivity index (χ2n) is 5.19. The van der Waals surface area contributed by atoms with Crippen molar-refractivity contribution in [3.05, 3.63) is 23.8 Å². The van der Waals surface area contributed by atoms with Gasteiger partial charge in [0.2, 0.25) is 0 Å². The molecule has 0 amide bonds. The summed E-state index contributed by atoms with van der Waals surface area (Å²) < 4.78 is 0. The summed E-state index contributed by atoms with van der Waals surface area (Å²) in [6.07, 6.45) is 1.99. The van der Waals surface area contributed by atoms with Crippen molar-refractivity contribution in [2.75, 3.05) is 31.3 Å². The van der Waals surface area contributed by atoms with E-state index in [4.69, 9.17) is 5.73 Å². The molecule has 4 heteroatoms. The van der Waals surface area contributed by atoms with Gasteiger partial charge in [0.15, 0.2) is 0 Å². The van der Waals surface area contributed by atoms with Crippen molar-refractivity contribution in [3.63, 3.8) is 0 Å². The smallest absolute Gasteiger partial charge is 0.102 e. The molecular weight excluding hydrogens is 242 g/mol. The molecule has 1 rings (SSSR count). The van der Waals surface area contributed by atoms with Crippen LogP contribution in [-0.4, -0.2) is 26.4 Å². The lowest BCUT2D eigenvalue weighted by molar-refractivity contribution is 0.385. The average Bonchev–Trinajstić information content (AvgIpc) is 2.37. The van der Waals surface area contributed by atoms with Crippen LogP contribution in [0.25, 0.3) is 0 Å². The lowest BCUT2D eigenvalue weighted by Gasteiger charge is -2.31. The number of hydrogen-bond donors (Lipinski definition) is 1. The Hall–Kier alpha value is -1.18. The van der Waals surface area contributed by atoms with Gasteiger partial charge >= 0.3 is 0 Å². The molecule has 2 N–H and O–H groups in total. The van der Waals surface area contributed by atoms with E-state index in [2.05, 4.69) is 24.8 Å². The minimum absolute atomic E-state index is 0.0385. The van der Waals surface area contributed by atoms with Gasteiger partial charge in [-0.25, -0.2) is 0 Å². The van der Waals surface area contributed by atoms with E-state index in [-0.39, 0.29) is 5.41 Å². The Kier molecular flexibility index (Phi) is 5.06. The van der Waals surface area contributed by atoms with E-state index in [1.165, 1.54) is 0 Å². The topological polar surface area (TPSA) is 53.0 Å². The molecule has 0 heterocycles. The lowest BCUT2D eigenvalue weighted by atomic mass is 9.93. The van der Waals surface area contributed by atoms with E-state index < -0.39 is 0 Å². The summed E-state index contributed by atoms with van der Waals surface area (Å²) in [5.41, 5.74) is 7.53. The van der Waals surface area contributed by atoms with E-state index in [0.29, 0.717) is 6.54 Å². The molecule has 0 aromatic heterocycles. The van der Waals surface area contributed by atoms with E-state index in [9.17, 15) is 5.26 Å². The third-order valence-electron chi connectivity index (χ3n) is 2.96. The summed E-state index contributed by atoms with van der Waals surface area (Å²) in [4.78, 5) is 3.14. The minimum atomic E-state index is 0.0385. The van der Waals surface area contributed by atoms with Gasteiger partial charge in [0.1, 0.15) is 6.07 Å². The fourth-order valence-electron chi connectivity index (χ4n) is 1.91. The number of thioether (sulfide) groups is 1. The molecule has 98 valence electrons. The van der Waals surface area contributed by atoms with Crippen molar-refractivity contribution in [2.45, 2.75) is 18.7 Å². The Balaban J connectivity index is 3.07. The molecule has 18 heavy (non-hydrogen) atoms. The molecule has 0 atom stereocenters. The van der Waals surface area contributed by atoms with E-state index >= 15 is 0 Å². The van der Waals surface area contributed by atoms with Gasteiger partial charge in [0.25, 0.3) is 0 Å². The molecule has 0 aliphatic carbocycles. The fraction of sp³-hybridized carbons (Fsp3) is 0.500. The number of nitrogens with zero attached hydrogens (tertiary/aromatic N) is 2. The lowest BCUT2D eigenvalue weighted by Crippen LogP contribution is -2.37. The van der Waals surface area contributed by atoms with Crippen molar-refractivity contribution < 1.29 is 0 Å². The van der Waals surface area contributed by atoms with Crippen LogP contribution in [0.3, 0.4) is 0 Å². The zero-order valence-electron chi connectivity index (χ0n) is 11.5. The van der Waals surface area contributed by atoms with Gasteiger partial charge in [-0.05, 0) is 30.3 Å². The second-order valence-corrected chi connectivity index (χ2v) is 6.04. The number of anilines is 1. The van der Waals surface area contributed by atoms with E-state index in [1.54, 1.807) is 11.8 Å².